The molecule has 126 valence electrons. The molecule has 4 rings (SSSR count). The van der Waals surface area contributed by atoms with Crippen LogP contribution in [0.3, 0.4) is 0 Å². The maximum absolute atomic E-state index is 12.5. The number of fused-ring (bicyclic) bond motifs is 3. The van der Waals surface area contributed by atoms with E-state index in [1.807, 2.05) is 0 Å². The van der Waals surface area contributed by atoms with Crippen molar-refractivity contribution in [2.45, 2.75) is 11.3 Å². The van der Waals surface area contributed by atoms with Crippen LogP contribution in [-0.2, 0) is 17.2 Å². The second-order valence-electron chi connectivity index (χ2n) is 5.68. The van der Waals surface area contributed by atoms with Crippen molar-refractivity contribution in [3.05, 3.63) is 74.5 Å². The lowest BCUT2D eigenvalue weighted by molar-refractivity contribution is 0.683. The highest BCUT2D eigenvalue weighted by Crippen LogP contribution is 2.33. The Labute approximate surface area is 156 Å². The smallest absolute Gasteiger partial charge is 0.267 e. The predicted molar refractivity (Wildman–Crippen MR) is 100 cm³/mol. The molecule has 0 N–H and O–H groups in total. The molecule has 1 atom stereocenters. The Morgan fingerprint density at radius 2 is 1.72 bits per heavy atom. The van der Waals surface area contributed by atoms with Crippen molar-refractivity contribution in [3.8, 4) is 16.9 Å². The Morgan fingerprint density at radius 3 is 2.48 bits per heavy atom. The SMILES string of the molecule is O=c1cc2c(nn1-c1ccc(Cl)cc1)-c1cc(Cl)ccc1S(=O)CC2. The lowest BCUT2D eigenvalue weighted by Gasteiger charge is -2.11. The molecule has 2 aromatic carbocycles. The minimum Gasteiger partial charge on any atom is -0.267 e. The molecular weight excluding hydrogens is 379 g/mol. The Bertz CT molecular complexity index is 1060. The van der Waals surface area contributed by atoms with Gasteiger partial charge in [0.1, 0.15) is 0 Å². The fraction of sp³-hybridized carbons (Fsp3) is 0.111. The summed E-state index contributed by atoms with van der Waals surface area (Å²) in [6.45, 7) is 0. The van der Waals surface area contributed by atoms with Crippen molar-refractivity contribution >= 4 is 34.0 Å². The van der Waals surface area contributed by atoms with Crippen LogP contribution in [0.15, 0.2) is 58.2 Å². The van der Waals surface area contributed by atoms with E-state index < -0.39 is 10.8 Å². The van der Waals surface area contributed by atoms with Gasteiger partial charge in [-0.2, -0.15) is 9.78 Å². The van der Waals surface area contributed by atoms with Gasteiger partial charge in [0, 0.05) is 32.3 Å². The van der Waals surface area contributed by atoms with Crippen LogP contribution in [0.2, 0.25) is 10.0 Å². The number of aromatic nitrogens is 2. The topological polar surface area (TPSA) is 52.0 Å². The first kappa shape index (κ1) is 16.5. The van der Waals surface area contributed by atoms with Gasteiger partial charge in [0.15, 0.2) is 0 Å². The van der Waals surface area contributed by atoms with Gasteiger partial charge in [0.25, 0.3) is 5.56 Å². The molecule has 1 aliphatic heterocycles. The fourth-order valence-corrected chi connectivity index (χ4v) is 4.42. The molecule has 0 aliphatic carbocycles. The van der Waals surface area contributed by atoms with Gasteiger partial charge >= 0.3 is 0 Å². The van der Waals surface area contributed by atoms with Gasteiger partial charge in [-0.1, -0.05) is 23.2 Å². The minimum absolute atomic E-state index is 0.239. The molecule has 7 heteroatoms. The second-order valence-corrected chi connectivity index (χ2v) is 8.10. The van der Waals surface area contributed by atoms with Gasteiger partial charge in [-0.25, -0.2) is 0 Å². The van der Waals surface area contributed by atoms with Crippen LogP contribution in [0.4, 0.5) is 0 Å². The summed E-state index contributed by atoms with van der Waals surface area (Å²) in [7, 11) is -1.16. The average Bonchev–Trinajstić information content (AvgIpc) is 2.72. The van der Waals surface area contributed by atoms with Crippen molar-refractivity contribution in [2.75, 3.05) is 5.75 Å². The zero-order valence-electron chi connectivity index (χ0n) is 12.9. The van der Waals surface area contributed by atoms with E-state index in [0.29, 0.717) is 44.1 Å². The first-order chi connectivity index (χ1) is 12.0. The molecule has 0 amide bonds. The zero-order valence-corrected chi connectivity index (χ0v) is 15.2. The third-order valence-corrected chi connectivity index (χ3v) is 5.99. The Hall–Kier alpha value is -1.95. The Balaban J connectivity index is 1.99. The molecule has 4 nitrogen and oxygen atoms in total. The van der Waals surface area contributed by atoms with E-state index in [4.69, 9.17) is 23.2 Å². The summed E-state index contributed by atoms with van der Waals surface area (Å²) in [6, 6.07) is 13.7. The highest BCUT2D eigenvalue weighted by molar-refractivity contribution is 7.85. The number of halogens is 2. The van der Waals surface area contributed by atoms with E-state index in [1.54, 1.807) is 48.5 Å². The number of hydrogen-bond acceptors (Lipinski definition) is 3. The van der Waals surface area contributed by atoms with Crippen molar-refractivity contribution in [1.82, 2.24) is 9.78 Å². The summed E-state index contributed by atoms with van der Waals surface area (Å²) in [5.41, 5.74) is 2.51. The molecule has 0 radical (unpaired) electrons. The molecule has 0 spiro atoms. The molecule has 0 bridgehead atoms. The van der Waals surface area contributed by atoms with Crippen molar-refractivity contribution in [1.29, 1.82) is 0 Å². The molecule has 3 aromatic rings. The monoisotopic (exact) mass is 390 g/mol. The lowest BCUT2D eigenvalue weighted by Crippen LogP contribution is -2.22. The van der Waals surface area contributed by atoms with Gasteiger partial charge < -0.3 is 0 Å². The number of aryl methyl sites for hydroxylation is 1. The largest absolute Gasteiger partial charge is 0.271 e. The number of rotatable bonds is 1. The normalized spacial score (nSPS) is 16.0. The molecule has 1 aromatic heterocycles. The number of hydrogen-bond donors (Lipinski definition) is 0. The standard InChI is InChI=1S/C18H12Cl2N2O2S/c19-12-1-4-14(5-2-12)22-17(23)9-11-7-8-25(24)16-6-3-13(20)10-15(16)18(11)21-22/h1-6,9-10H,7-8H2. The summed E-state index contributed by atoms with van der Waals surface area (Å²) < 4.78 is 13.8. The quantitative estimate of drug-likeness (QED) is 0.633. The zero-order chi connectivity index (χ0) is 17.6. The summed E-state index contributed by atoms with van der Waals surface area (Å²) in [4.78, 5) is 13.2. The van der Waals surface area contributed by atoms with Gasteiger partial charge in [-0.3, -0.25) is 9.00 Å². The van der Waals surface area contributed by atoms with E-state index in [2.05, 4.69) is 5.10 Å². The lowest BCUT2D eigenvalue weighted by atomic mass is 10.0. The number of benzene rings is 2. The molecule has 1 unspecified atom stereocenters. The summed E-state index contributed by atoms with van der Waals surface area (Å²) in [5, 5.41) is 5.68. The molecule has 25 heavy (non-hydrogen) atoms. The molecular formula is C18H12Cl2N2O2S. The van der Waals surface area contributed by atoms with Gasteiger partial charge in [0.05, 0.1) is 22.2 Å². The highest BCUT2D eigenvalue weighted by Gasteiger charge is 2.22. The van der Waals surface area contributed by atoms with Gasteiger partial charge in [0.2, 0.25) is 0 Å². The maximum atomic E-state index is 12.5. The van der Waals surface area contributed by atoms with Crippen LogP contribution in [0.25, 0.3) is 16.9 Å². The van der Waals surface area contributed by atoms with Crippen LogP contribution in [0.1, 0.15) is 5.56 Å². The first-order valence-corrected chi connectivity index (χ1v) is 9.68. The fourth-order valence-electron chi connectivity index (χ4n) is 2.88. The van der Waals surface area contributed by atoms with Gasteiger partial charge in [-0.15, -0.1) is 0 Å². The number of nitrogens with zero attached hydrogens (tertiary/aromatic N) is 2. The van der Waals surface area contributed by atoms with E-state index >= 15 is 0 Å². The van der Waals surface area contributed by atoms with Crippen LogP contribution in [0, 0.1) is 0 Å². The van der Waals surface area contributed by atoms with E-state index in [1.165, 1.54) is 4.68 Å². The van der Waals surface area contributed by atoms with Crippen LogP contribution >= 0.6 is 23.2 Å². The maximum Gasteiger partial charge on any atom is 0.271 e. The first-order valence-electron chi connectivity index (χ1n) is 7.60. The van der Waals surface area contributed by atoms with Crippen LogP contribution in [-0.4, -0.2) is 19.7 Å². The Morgan fingerprint density at radius 1 is 1.00 bits per heavy atom. The van der Waals surface area contributed by atoms with Crippen LogP contribution in [0.5, 0.6) is 0 Å². The van der Waals surface area contributed by atoms with Gasteiger partial charge in [-0.05, 0) is 54.4 Å². The summed E-state index contributed by atoms with van der Waals surface area (Å²) in [6.07, 6.45) is 0.526. The van der Waals surface area contributed by atoms with E-state index in [-0.39, 0.29) is 5.56 Å². The van der Waals surface area contributed by atoms with Crippen molar-refractivity contribution in [3.63, 3.8) is 0 Å². The summed E-state index contributed by atoms with van der Waals surface area (Å²) in [5.74, 6) is 0.452. The average molecular weight is 391 g/mol. The Kier molecular flexibility index (Phi) is 4.23. The second kappa shape index (κ2) is 6.41. The van der Waals surface area contributed by atoms with Crippen molar-refractivity contribution in [2.24, 2.45) is 0 Å². The highest BCUT2D eigenvalue weighted by atomic mass is 35.5. The van der Waals surface area contributed by atoms with Crippen molar-refractivity contribution < 1.29 is 4.21 Å². The summed E-state index contributed by atoms with van der Waals surface area (Å²) >= 11 is 12.1. The molecule has 1 aliphatic rings. The molecule has 0 saturated carbocycles. The van der Waals surface area contributed by atoms with E-state index in [0.717, 1.165) is 5.56 Å². The predicted octanol–water partition coefficient (Wildman–Crippen LogP) is 3.87. The minimum atomic E-state index is -1.16. The third-order valence-electron chi connectivity index (χ3n) is 4.08. The third kappa shape index (κ3) is 3.03. The molecule has 0 fully saturated rings. The van der Waals surface area contributed by atoms with Crippen LogP contribution < -0.4 is 5.56 Å². The van der Waals surface area contributed by atoms with E-state index in [9.17, 15) is 9.00 Å². The molecule has 2 heterocycles. The molecule has 0 saturated heterocycles.